The molecule has 0 aliphatic carbocycles. The standard InChI is InChI=1S/C11H10N2O5/c12-4-3-8-9(13(15)16)1-2-10-11(8)18-7(5-14)6-17-10/h1-2,7,14H,3,5-6H2/t7-/m0/s1. The molecule has 0 unspecified atom stereocenters. The quantitative estimate of drug-likeness (QED) is 0.628. The second-order valence-corrected chi connectivity index (χ2v) is 3.72. The van der Waals surface area contributed by atoms with Gasteiger partial charge >= 0.3 is 0 Å². The van der Waals surface area contributed by atoms with Crippen LogP contribution < -0.4 is 9.47 Å². The van der Waals surface area contributed by atoms with E-state index in [1.165, 1.54) is 12.1 Å². The summed E-state index contributed by atoms with van der Waals surface area (Å²) in [5, 5.41) is 28.6. The van der Waals surface area contributed by atoms with Crippen LogP contribution in [0.25, 0.3) is 0 Å². The number of rotatable bonds is 3. The first-order chi connectivity index (χ1) is 8.67. The van der Waals surface area contributed by atoms with Gasteiger partial charge in [0.15, 0.2) is 17.6 Å². The zero-order valence-corrected chi connectivity index (χ0v) is 9.33. The summed E-state index contributed by atoms with van der Waals surface area (Å²) in [7, 11) is 0. The second-order valence-electron chi connectivity index (χ2n) is 3.72. The fourth-order valence-electron chi connectivity index (χ4n) is 1.73. The topological polar surface area (TPSA) is 106 Å². The summed E-state index contributed by atoms with van der Waals surface area (Å²) >= 11 is 0. The number of hydrogen-bond donors (Lipinski definition) is 1. The zero-order valence-electron chi connectivity index (χ0n) is 9.33. The Morgan fingerprint density at radius 3 is 3.00 bits per heavy atom. The number of nitro benzene ring substituents is 1. The van der Waals surface area contributed by atoms with E-state index in [9.17, 15) is 10.1 Å². The van der Waals surface area contributed by atoms with Crippen LogP contribution in [0.1, 0.15) is 5.56 Å². The van der Waals surface area contributed by atoms with Crippen LogP contribution >= 0.6 is 0 Å². The molecule has 0 spiro atoms. The van der Waals surface area contributed by atoms with Crippen molar-refractivity contribution in [3.8, 4) is 17.6 Å². The summed E-state index contributed by atoms with van der Waals surface area (Å²) < 4.78 is 10.8. The van der Waals surface area contributed by atoms with E-state index in [0.29, 0.717) is 5.75 Å². The maximum atomic E-state index is 10.9. The summed E-state index contributed by atoms with van der Waals surface area (Å²) in [6.07, 6.45) is -0.724. The van der Waals surface area contributed by atoms with Crippen LogP contribution in [-0.2, 0) is 6.42 Å². The molecule has 7 nitrogen and oxygen atoms in total. The van der Waals surface area contributed by atoms with E-state index in [1.54, 1.807) is 0 Å². The van der Waals surface area contributed by atoms with Crippen LogP contribution in [-0.4, -0.2) is 29.3 Å². The molecule has 1 aromatic carbocycles. The molecule has 94 valence electrons. The fraction of sp³-hybridized carbons (Fsp3) is 0.364. The lowest BCUT2D eigenvalue weighted by atomic mass is 10.1. The normalized spacial score (nSPS) is 17.0. The molecule has 1 N–H and O–H groups in total. The molecular weight excluding hydrogens is 240 g/mol. The van der Waals surface area contributed by atoms with Gasteiger partial charge in [0.2, 0.25) is 0 Å². The lowest BCUT2D eigenvalue weighted by Gasteiger charge is -2.26. The third kappa shape index (κ3) is 2.06. The van der Waals surface area contributed by atoms with Crippen LogP contribution in [0.3, 0.4) is 0 Å². The Morgan fingerprint density at radius 2 is 2.39 bits per heavy atom. The molecule has 1 heterocycles. The van der Waals surface area contributed by atoms with E-state index in [-0.39, 0.29) is 36.6 Å². The highest BCUT2D eigenvalue weighted by Crippen LogP contribution is 2.40. The van der Waals surface area contributed by atoms with Crippen molar-refractivity contribution in [3.05, 3.63) is 27.8 Å². The third-order valence-corrected chi connectivity index (χ3v) is 2.57. The molecule has 0 bridgehead atoms. The molecule has 1 aromatic rings. The summed E-state index contributed by atoms with van der Waals surface area (Å²) in [6.45, 7) is -0.0819. The number of aliphatic hydroxyl groups excluding tert-OH is 1. The minimum atomic E-state index is -0.572. The number of ether oxygens (including phenoxy) is 2. The predicted octanol–water partition coefficient (Wildman–Crippen LogP) is 0.793. The van der Waals surface area contributed by atoms with Crippen LogP contribution in [0.5, 0.6) is 11.5 Å². The Kier molecular flexibility index (Phi) is 3.30. The molecule has 0 amide bonds. The number of fused-ring (bicyclic) bond motifs is 1. The molecule has 0 saturated heterocycles. The fourth-order valence-corrected chi connectivity index (χ4v) is 1.73. The minimum absolute atomic E-state index is 0.152. The Bertz CT molecular complexity index is 523. The SMILES string of the molecule is N#CCc1c([N+](=O)[O-])ccc2c1O[C@@H](CO)CO2. The first kappa shape index (κ1) is 12.1. The van der Waals surface area contributed by atoms with E-state index in [2.05, 4.69) is 0 Å². The molecule has 18 heavy (non-hydrogen) atoms. The number of nitro groups is 1. The molecule has 1 aliphatic rings. The molecular formula is C11H10N2O5. The summed E-state index contributed by atoms with van der Waals surface area (Å²) in [5.74, 6) is 0.534. The lowest BCUT2D eigenvalue weighted by molar-refractivity contribution is -0.385. The molecule has 2 rings (SSSR count). The number of nitrogens with zero attached hydrogens (tertiary/aromatic N) is 2. The van der Waals surface area contributed by atoms with Crippen molar-refractivity contribution in [1.29, 1.82) is 5.26 Å². The van der Waals surface area contributed by atoms with Gasteiger partial charge in [0.1, 0.15) is 6.61 Å². The highest BCUT2D eigenvalue weighted by Gasteiger charge is 2.28. The molecule has 0 radical (unpaired) electrons. The average Bonchev–Trinajstić information content (AvgIpc) is 2.38. The van der Waals surface area contributed by atoms with Crippen LogP contribution in [0, 0.1) is 21.4 Å². The van der Waals surface area contributed by atoms with Crippen molar-refractivity contribution >= 4 is 5.69 Å². The van der Waals surface area contributed by atoms with E-state index in [1.807, 2.05) is 6.07 Å². The van der Waals surface area contributed by atoms with Gasteiger partial charge in [-0.05, 0) is 6.07 Å². The summed E-state index contributed by atoms with van der Waals surface area (Å²) in [6, 6.07) is 4.58. The average molecular weight is 250 g/mol. The number of aliphatic hydroxyl groups is 1. The first-order valence-electron chi connectivity index (χ1n) is 5.25. The van der Waals surface area contributed by atoms with Crippen molar-refractivity contribution in [2.45, 2.75) is 12.5 Å². The molecule has 0 fully saturated rings. The lowest BCUT2D eigenvalue weighted by Crippen LogP contribution is -2.32. The molecule has 1 aliphatic heterocycles. The Hall–Kier alpha value is -2.33. The predicted molar refractivity (Wildman–Crippen MR) is 59.4 cm³/mol. The molecule has 0 aromatic heterocycles. The highest BCUT2D eigenvalue weighted by molar-refractivity contribution is 5.58. The number of hydrogen-bond acceptors (Lipinski definition) is 6. The van der Waals surface area contributed by atoms with E-state index in [0.717, 1.165) is 0 Å². The van der Waals surface area contributed by atoms with Crippen LogP contribution in [0.15, 0.2) is 12.1 Å². The Labute approximate surface area is 102 Å². The van der Waals surface area contributed by atoms with Gasteiger partial charge in [-0.1, -0.05) is 0 Å². The van der Waals surface area contributed by atoms with Crippen LogP contribution in [0.2, 0.25) is 0 Å². The second kappa shape index (κ2) is 4.89. The van der Waals surface area contributed by atoms with Gasteiger partial charge in [-0.2, -0.15) is 5.26 Å². The van der Waals surface area contributed by atoms with E-state index < -0.39 is 11.0 Å². The van der Waals surface area contributed by atoms with Gasteiger partial charge in [0.25, 0.3) is 5.69 Å². The largest absolute Gasteiger partial charge is 0.486 e. The Balaban J connectivity index is 2.51. The molecule has 7 heteroatoms. The van der Waals surface area contributed by atoms with Gasteiger partial charge in [-0.3, -0.25) is 10.1 Å². The van der Waals surface area contributed by atoms with Gasteiger partial charge in [0.05, 0.1) is 29.6 Å². The minimum Gasteiger partial charge on any atom is -0.486 e. The highest BCUT2D eigenvalue weighted by atomic mass is 16.6. The Morgan fingerprint density at radius 1 is 1.61 bits per heavy atom. The summed E-state index contributed by atoms with van der Waals surface area (Å²) in [5.41, 5.74) is -0.00404. The monoisotopic (exact) mass is 250 g/mol. The van der Waals surface area contributed by atoms with Gasteiger partial charge in [-0.25, -0.2) is 0 Å². The smallest absolute Gasteiger partial charge is 0.277 e. The van der Waals surface area contributed by atoms with Crippen molar-refractivity contribution in [1.82, 2.24) is 0 Å². The van der Waals surface area contributed by atoms with Crippen molar-refractivity contribution in [3.63, 3.8) is 0 Å². The van der Waals surface area contributed by atoms with Gasteiger partial charge in [-0.15, -0.1) is 0 Å². The van der Waals surface area contributed by atoms with E-state index >= 15 is 0 Å². The van der Waals surface area contributed by atoms with Crippen molar-refractivity contribution < 1.29 is 19.5 Å². The maximum absolute atomic E-state index is 10.9. The maximum Gasteiger partial charge on any atom is 0.277 e. The molecule has 1 atom stereocenters. The van der Waals surface area contributed by atoms with Crippen LogP contribution in [0.4, 0.5) is 5.69 Å². The third-order valence-electron chi connectivity index (χ3n) is 2.57. The summed E-state index contributed by atoms with van der Waals surface area (Å²) in [4.78, 5) is 10.3. The first-order valence-corrected chi connectivity index (χ1v) is 5.25. The molecule has 0 saturated carbocycles. The number of benzene rings is 1. The van der Waals surface area contributed by atoms with Gasteiger partial charge < -0.3 is 14.6 Å². The zero-order chi connectivity index (χ0) is 13.1. The number of nitriles is 1. The van der Waals surface area contributed by atoms with Gasteiger partial charge in [0, 0.05) is 6.07 Å². The van der Waals surface area contributed by atoms with Crippen molar-refractivity contribution in [2.75, 3.05) is 13.2 Å². The van der Waals surface area contributed by atoms with Crippen molar-refractivity contribution in [2.24, 2.45) is 0 Å². The van der Waals surface area contributed by atoms with E-state index in [4.69, 9.17) is 19.8 Å².